The summed E-state index contributed by atoms with van der Waals surface area (Å²) in [5.41, 5.74) is 0.297. The molecule has 1 aromatic heterocycles. The Bertz CT molecular complexity index is 649. The molecule has 1 atom stereocenters. The number of halogens is 2. The molecule has 1 aromatic carbocycles. The van der Waals surface area contributed by atoms with Crippen LogP contribution in [0.3, 0.4) is 0 Å². The Balaban J connectivity index is 2.22. The number of carbonyl (C=O) groups excluding carboxylic acids is 1. The average Bonchev–Trinajstić information content (AvgIpc) is 2.83. The predicted octanol–water partition coefficient (Wildman–Crippen LogP) is 2.31. The number of nitrogens with zero attached hydrogens (tertiary/aromatic N) is 2. The zero-order valence-corrected chi connectivity index (χ0v) is 11.1. The molecule has 0 aliphatic rings. The van der Waals surface area contributed by atoms with E-state index in [1.54, 1.807) is 6.07 Å². The molecule has 7 heteroatoms. The van der Waals surface area contributed by atoms with Crippen molar-refractivity contribution in [2.45, 2.75) is 6.04 Å². The number of nitriles is 1. The highest BCUT2D eigenvalue weighted by Gasteiger charge is 2.20. The van der Waals surface area contributed by atoms with E-state index in [1.165, 1.54) is 24.4 Å². The molecular formula is C12H8BrFN4O. The first-order chi connectivity index (χ1) is 9.13. The SMILES string of the molecule is N#CC(NC(=O)c1[nH]ncc1Br)c1ccccc1F. The Hall–Kier alpha value is -2.20. The Morgan fingerprint density at radius 1 is 1.53 bits per heavy atom. The third-order valence-electron chi connectivity index (χ3n) is 2.44. The van der Waals surface area contributed by atoms with Crippen LogP contribution >= 0.6 is 15.9 Å². The van der Waals surface area contributed by atoms with E-state index >= 15 is 0 Å². The number of hydrogen-bond donors (Lipinski definition) is 2. The highest BCUT2D eigenvalue weighted by Crippen LogP contribution is 2.18. The fraction of sp³-hybridized carbons (Fsp3) is 0.0833. The van der Waals surface area contributed by atoms with Gasteiger partial charge < -0.3 is 5.32 Å². The Morgan fingerprint density at radius 3 is 2.84 bits per heavy atom. The number of nitrogens with one attached hydrogen (secondary N) is 2. The molecule has 0 bridgehead atoms. The summed E-state index contributed by atoms with van der Waals surface area (Å²) in [4.78, 5) is 11.9. The Labute approximate surface area is 116 Å². The molecule has 96 valence electrons. The van der Waals surface area contributed by atoms with Crippen molar-refractivity contribution in [3.63, 3.8) is 0 Å². The summed E-state index contributed by atoms with van der Waals surface area (Å²) in [5.74, 6) is -1.09. The van der Waals surface area contributed by atoms with E-state index in [4.69, 9.17) is 5.26 Å². The van der Waals surface area contributed by atoms with E-state index in [9.17, 15) is 9.18 Å². The van der Waals surface area contributed by atoms with Crippen molar-refractivity contribution >= 4 is 21.8 Å². The van der Waals surface area contributed by atoms with Crippen molar-refractivity contribution in [3.8, 4) is 6.07 Å². The normalized spacial score (nSPS) is 11.6. The molecule has 19 heavy (non-hydrogen) atoms. The third-order valence-corrected chi connectivity index (χ3v) is 3.04. The van der Waals surface area contributed by atoms with Gasteiger partial charge in [0.05, 0.1) is 16.7 Å². The van der Waals surface area contributed by atoms with E-state index in [1.807, 2.05) is 6.07 Å². The number of hydrogen-bond acceptors (Lipinski definition) is 3. The van der Waals surface area contributed by atoms with Gasteiger partial charge in [-0.1, -0.05) is 18.2 Å². The largest absolute Gasteiger partial charge is 0.331 e. The van der Waals surface area contributed by atoms with Gasteiger partial charge in [0.15, 0.2) is 0 Å². The minimum Gasteiger partial charge on any atom is -0.331 e. The molecule has 2 aromatic rings. The molecule has 0 spiro atoms. The highest BCUT2D eigenvalue weighted by atomic mass is 79.9. The molecular weight excluding hydrogens is 315 g/mol. The van der Waals surface area contributed by atoms with Crippen LogP contribution < -0.4 is 5.32 Å². The first-order valence-corrected chi connectivity index (χ1v) is 6.06. The molecule has 0 aliphatic carbocycles. The minimum absolute atomic E-state index is 0.119. The van der Waals surface area contributed by atoms with Crippen molar-refractivity contribution in [3.05, 3.63) is 52.0 Å². The summed E-state index contributed by atoms with van der Waals surface area (Å²) in [6.07, 6.45) is 1.42. The van der Waals surface area contributed by atoms with E-state index < -0.39 is 17.8 Å². The monoisotopic (exact) mass is 322 g/mol. The number of carbonyl (C=O) groups is 1. The topological polar surface area (TPSA) is 81.6 Å². The summed E-state index contributed by atoms with van der Waals surface area (Å²) in [6, 6.07) is 6.58. The number of aromatic nitrogens is 2. The zero-order chi connectivity index (χ0) is 13.8. The first kappa shape index (κ1) is 13.2. The molecule has 1 unspecified atom stereocenters. The van der Waals surface area contributed by atoms with Gasteiger partial charge in [-0.2, -0.15) is 10.4 Å². The maximum Gasteiger partial charge on any atom is 0.271 e. The van der Waals surface area contributed by atoms with Gasteiger partial charge in [0.25, 0.3) is 5.91 Å². The molecule has 2 N–H and O–H groups in total. The van der Waals surface area contributed by atoms with Crippen LogP contribution in [0, 0.1) is 17.1 Å². The zero-order valence-electron chi connectivity index (χ0n) is 9.52. The van der Waals surface area contributed by atoms with Crippen molar-refractivity contribution in [1.29, 1.82) is 5.26 Å². The molecule has 1 heterocycles. The van der Waals surface area contributed by atoms with Gasteiger partial charge in [-0.25, -0.2) is 4.39 Å². The van der Waals surface area contributed by atoms with Crippen LogP contribution in [0.2, 0.25) is 0 Å². The molecule has 0 saturated carbocycles. The molecule has 0 saturated heterocycles. The molecule has 0 radical (unpaired) electrons. The van der Waals surface area contributed by atoms with E-state index in [0.29, 0.717) is 4.47 Å². The van der Waals surface area contributed by atoms with Crippen molar-refractivity contribution in [1.82, 2.24) is 15.5 Å². The molecule has 0 fully saturated rings. The van der Waals surface area contributed by atoms with Crippen molar-refractivity contribution in [2.75, 3.05) is 0 Å². The van der Waals surface area contributed by atoms with Crippen molar-refractivity contribution < 1.29 is 9.18 Å². The molecule has 2 rings (SSSR count). The summed E-state index contributed by atoms with van der Waals surface area (Å²) in [5, 5.41) is 17.6. The Morgan fingerprint density at radius 2 is 2.26 bits per heavy atom. The average molecular weight is 323 g/mol. The second kappa shape index (κ2) is 5.63. The van der Waals surface area contributed by atoms with Gasteiger partial charge in [0, 0.05) is 5.56 Å². The van der Waals surface area contributed by atoms with Crippen LogP contribution in [0.5, 0.6) is 0 Å². The Kier molecular flexibility index (Phi) is 3.92. The first-order valence-electron chi connectivity index (χ1n) is 5.27. The van der Waals surface area contributed by atoms with Crippen LogP contribution in [0.25, 0.3) is 0 Å². The van der Waals surface area contributed by atoms with Gasteiger partial charge in [0.2, 0.25) is 0 Å². The van der Waals surface area contributed by atoms with Crippen LogP contribution in [-0.2, 0) is 0 Å². The minimum atomic E-state index is -1.07. The lowest BCUT2D eigenvalue weighted by molar-refractivity contribution is 0.0939. The second-order valence-corrected chi connectivity index (χ2v) is 4.50. The quantitative estimate of drug-likeness (QED) is 0.909. The third kappa shape index (κ3) is 2.80. The maximum atomic E-state index is 13.6. The number of amides is 1. The van der Waals surface area contributed by atoms with Gasteiger partial charge in [-0.05, 0) is 22.0 Å². The predicted molar refractivity (Wildman–Crippen MR) is 68.5 cm³/mol. The van der Waals surface area contributed by atoms with Crippen LogP contribution in [0.1, 0.15) is 22.1 Å². The summed E-state index contributed by atoms with van der Waals surface area (Å²) in [6.45, 7) is 0. The lowest BCUT2D eigenvalue weighted by atomic mass is 10.1. The van der Waals surface area contributed by atoms with Crippen molar-refractivity contribution in [2.24, 2.45) is 0 Å². The lowest BCUT2D eigenvalue weighted by Crippen LogP contribution is -2.28. The van der Waals surface area contributed by atoms with Gasteiger partial charge in [-0.15, -0.1) is 0 Å². The second-order valence-electron chi connectivity index (χ2n) is 3.65. The van der Waals surface area contributed by atoms with Crippen LogP contribution in [0.4, 0.5) is 4.39 Å². The van der Waals surface area contributed by atoms with Crippen LogP contribution in [0.15, 0.2) is 34.9 Å². The fourth-order valence-electron chi connectivity index (χ4n) is 1.52. The van der Waals surface area contributed by atoms with Gasteiger partial charge in [0.1, 0.15) is 17.6 Å². The number of benzene rings is 1. The smallest absolute Gasteiger partial charge is 0.271 e. The van der Waals surface area contributed by atoms with Gasteiger partial charge in [-0.3, -0.25) is 9.89 Å². The molecule has 5 nitrogen and oxygen atoms in total. The number of aromatic amines is 1. The maximum absolute atomic E-state index is 13.6. The highest BCUT2D eigenvalue weighted by molar-refractivity contribution is 9.10. The summed E-state index contributed by atoms with van der Waals surface area (Å²) >= 11 is 3.14. The summed E-state index contributed by atoms with van der Waals surface area (Å²) in [7, 11) is 0. The van der Waals surface area contributed by atoms with Gasteiger partial charge >= 0.3 is 0 Å². The summed E-state index contributed by atoms with van der Waals surface area (Å²) < 4.78 is 14.0. The fourth-order valence-corrected chi connectivity index (χ4v) is 1.89. The lowest BCUT2D eigenvalue weighted by Gasteiger charge is -2.12. The number of H-pyrrole nitrogens is 1. The molecule has 1 amide bonds. The van der Waals surface area contributed by atoms with E-state index in [0.717, 1.165) is 0 Å². The van der Waals surface area contributed by atoms with E-state index in [-0.39, 0.29) is 11.3 Å². The van der Waals surface area contributed by atoms with Crippen LogP contribution in [-0.4, -0.2) is 16.1 Å². The number of rotatable bonds is 3. The standard InChI is InChI=1S/C12H8BrFN4O/c13-8-6-16-18-11(8)12(19)17-10(5-15)7-3-1-2-4-9(7)14/h1-4,6,10H,(H,16,18)(H,17,19). The van der Waals surface area contributed by atoms with E-state index in [2.05, 4.69) is 31.4 Å². The molecule has 0 aliphatic heterocycles.